The first-order chi connectivity index (χ1) is 13.1. The highest BCUT2D eigenvalue weighted by atomic mass is 16.3. The van der Waals surface area contributed by atoms with Gasteiger partial charge in [-0.1, -0.05) is 20.8 Å². The van der Waals surface area contributed by atoms with Crippen LogP contribution in [0.3, 0.4) is 0 Å². The lowest BCUT2D eigenvalue weighted by molar-refractivity contribution is 0.101. The number of benzene rings is 1. The molecule has 2 heterocycles. The van der Waals surface area contributed by atoms with E-state index in [0.29, 0.717) is 24.4 Å². The Morgan fingerprint density at radius 2 is 1.82 bits per heavy atom. The largest absolute Gasteiger partial charge is 0.382 e. The zero-order valence-corrected chi connectivity index (χ0v) is 17.1. The molecule has 1 aliphatic carbocycles. The van der Waals surface area contributed by atoms with Crippen LogP contribution in [0.5, 0.6) is 0 Å². The number of fused-ring (bicyclic) bond motifs is 1. The minimum atomic E-state index is -0.839. The average Bonchev–Trinajstić information content (AvgIpc) is 3.25. The number of aromatic nitrogens is 4. The van der Waals surface area contributed by atoms with Crippen molar-refractivity contribution in [2.45, 2.75) is 59.6 Å². The van der Waals surface area contributed by atoms with Crippen LogP contribution < -0.4 is 0 Å². The van der Waals surface area contributed by atoms with E-state index in [1.54, 1.807) is 19.3 Å². The molecule has 0 spiro atoms. The Hall–Kier alpha value is -2.60. The van der Waals surface area contributed by atoms with Crippen molar-refractivity contribution in [1.29, 1.82) is 0 Å². The quantitative estimate of drug-likeness (QED) is 0.693. The van der Waals surface area contributed by atoms with E-state index in [4.69, 9.17) is 0 Å². The molecule has 1 aromatic carbocycles. The fourth-order valence-electron chi connectivity index (χ4n) is 3.58. The highest BCUT2D eigenvalue weighted by Crippen LogP contribution is 2.43. The standard InChI is InChI=1S/C22H26N4O2/c1-13-8-15(16-10-23-20(24-11-16)22(28)6-7-22)9-17-18(14(2)27)25-26(19(13)17)12-21(3,4)5/h8-11,28H,6-7,12H2,1-5H3. The Labute approximate surface area is 164 Å². The molecular weight excluding hydrogens is 352 g/mol. The van der Waals surface area contributed by atoms with Crippen LogP contribution in [0.4, 0.5) is 0 Å². The molecule has 0 atom stereocenters. The second-order valence-corrected chi connectivity index (χ2v) is 9.14. The van der Waals surface area contributed by atoms with Crippen LogP contribution in [0.1, 0.15) is 62.4 Å². The molecule has 1 aliphatic rings. The Kier molecular flexibility index (Phi) is 4.16. The van der Waals surface area contributed by atoms with E-state index < -0.39 is 5.60 Å². The molecule has 4 rings (SSSR count). The number of carbonyl (C=O) groups excluding carboxylic acids is 1. The summed E-state index contributed by atoms with van der Waals surface area (Å²) in [5, 5.41) is 15.7. The van der Waals surface area contributed by atoms with Crippen LogP contribution in [-0.4, -0.2) is 30.6 Å². The van der Waals surface area contributed by atoms with Crippen molar-refractivity contribution in [2.75, 3.05) is 0 Å². The van der Waals surface area contributed by atoms with Gasteiger partial charge in [-0.25, -0.2) is 9.97 Å². The van der Waals surface area contributed by atoms with Crippen molar-refractivity contribution in [3.63, 3.8) is 0 Å². The summed E-state index contributed by atoms with van der Waals surface area (Å²) in [7, 11) is 0. The predicted molar refractivity (Wildman–Crippen MR) is 108 cm³/mol. The van der Waals surface area contributed by atoms with Gasteiger partial charge in [0.15, 0.2) is 11.6 Å². The normalized spacial score (nSPS) is 15.8. The van der Waals surface area contributed by atoms with Crippen molar-refractivity contribution < 1.29 is 9.90 Å². The second kappa shape index (κ2) is 6.21. The van der Waals surface area contributed by atoms with Gasteiger partial charge in [-0.15, -0.1) is 0 Å². The Morgan fingerprint density at radius 3 is 2.36 bits per heavy atom. The third-order valence-electron chi connectivity index (χ3n) is 5.12. The lowest BCUT2D eigenvalue weighted by Gasteiger charge is -2.19. The van der Waals surface area contributed by atoms with Gasteiger partial charge in [0.05, 0.1) is 5.52 Å². The fraction of sp³-hybridized carbons (Fsp3) is 0.455. The van der Waals surface area contributed by atoms with Crippen LogP contribution in [0.25, 0.3) is 22.0 Å². The topological polar surface area (TPSA) is 80.9 Å². The van der Waals surface area contributed by atoms with Gasteiger partial charge in [0.1, 0.15) is 11.3 Å². The maximum absolute atomic E-state index is 12.2. The van der Waals surface area contributed by atoms with Crippen molar-refractivity contribution in [3.8, 4) is 11.1 Å². The average molecular weight is 378 g/mol. The fourth-order valence-corrected chi connectivity index (χ4v) is 3.58. The number of carbonyl (C=O) groups is 1. The number of aliphatic hydroxyl groups is 1. The van der Waals surface area contributed by atoms with E-state index >= 15 is 0 Å². The maximum Gasteiger partial charge on any atom is 0.180 e. The van der Waals surface area contributed by atoms with E-state index in [1.807, 2.05) is 17.7 Å². The van der Waals surface area contributed by atoms with Gasteiger partial charge in [-0.3, -0.25) is 9.48 Å². The number of hydrogen-bond acceptors (Lipinski definition) is 5. The number of ketones is 1. The monoisotopic (exact) mass is 378 g/mol. The molecule has 0 saturated heterocycles. The zero-order chi connectivity index (χ0) is 20.3. The van der Waals surface area contributed by atoms with Gasteiger partial charge < -0.3 is 5.11 Å². The Balaban J connectivity index is 1.83. The molecule has 0 aliphatic heterocycles. The lowest BCUT2D eigenvalue weighted by Crippen LogP contribution is -2.17. The summed E-state index contributed by atoms with van der Waals surface area (Å²) in [6, 6.07) is 4.08. The minimum absolute atomic E-state index is 0.0447. The number of rotatable bonds is 4. The van der Waals surface area contributed by atoms with E-state index in [-0.39, 0.29) is 11.2 Å². The van der Waals surface area contributed by atoms with Gasteiger partial charge in [-0.05, 0) is 48.4 Å². The van der Waals surface area contributed by atoms with Crippen LogP contribution in [0, 0.1) is 12.3 Å². The van der Waals surface area contributed by atoms with Crippen LogP contribution in [0.2, 0.25) is 0 Å². The molecule has 28 heavy (non-hydrogen) atoms. The van der Waals surface area contributed by atoms with Crippen molar-refractivity contribution in [3.05, 3.63) is 41.6 Å². The molecule has 0 unspecified atom stereocenters. The van der Waals surface area contributed by atoms with E-state index in [2.05, 4.69) is 41.9 Å². The van der Waals surface area contributed by atoms with Crippen molar-refractivity contribution in [1.82, 2.24) is 19.7 Å². The second-order valence-electron chi connectivity index (χ2n) is 9.14. The summed E-state index contributed by atoms with van der Waals surface area (Å²) in [6.45, 7) is 10.8. The summed E-state index contributed by atoms with van der Waals surface area (Å²) in [6.07, 6.45) is 4.91. The van der Waals surface area contributed by atoms with Gasteiger partial charge in [0.2, 0.25) is 0 Å². The summed E-state index contributed by atoms with van der Waals surface area (Å²) in [5.41, 5.74) is 3.55. The number of Topliss-reactive ketones (excluding diaryl/α,β-unsaturated/α-hetero) is 1. The summed E-state index contributed by atoms with van der Waals surface area (Å²) in [5.74, 6) is 0.438. The molecule has 1 N–H and O–H groups in total. The third-order valence-corrected chi connectivity index (χ3v) is 5.12. The van der Waals surface area contributed by atoms with Crippen LogP contribution in [-0.2, 0) is 12.1 Å². The molecule has 0 radical (unpaired) electrons. The summed E-state index contributed by atoms with van der Waals surface area (Å²) >= 11 is 0. The Morgan fingerprint density at radius 1 is 1.18 bits per heavy atom. The first-order valence-corrected chi connectivity index (χ1v) is 9.65. The van der Waals surface area contributed by atoms with Gasteiger partial charge in [-0.2, -0.15) is 5.10 Å². The molecule has 3 aromatic rings. The highest BCUT2D eigenvalue weighted by Gasteiger charge is 2.45. The molecule has 6 nitrogen and oxygen atoms in total. The summed E-state index contributed by atoms with van der Waals surface area (Å²) in [4.78, 5) is 21.0. The maximum atomic E-state index is 12.2. The van der Waals surface area contributed by atoms with Crippen LogP contribution >= 0.6 is 0 Å². The highest BCUT2D eigenvalue weighted by molar-refractivity contribution is 6.06. The minimum Gasteiger partial charge on any atom is -0.382 e. The molecule has 0 amide bonds. The van der Waals surface area contributed by atoms with Crippen molar-refractivity contribution >= 4 is 16.7 Å². The van der Waals surface area contributed by atoms with E-state index in [9.17, 15) is 9.90 Å². The van der Waals surface area contributed by atoms with E-state index in [0.717, 1.165) is 34.1 Å². The molecule has 1 fully saturated rings. The lowest BCUT2D eigenvalue weighted by atomic mass is 9.96. The smallest absolute Gasteiger partial charge is 0.180 e. The molecule has 6 heteroatoms. The molecule has 1 saturated carbocycles. The van der Waals surface area contributed by atoms with E-state index in [1.165, 1.54) is 0 Å². The van der Waals surface area contributed by atoms with Gasteiger partial charge >= 0.3 is 0 Å². The first kappa shape index (κ1) is 18.7. The molecule has 2 aromatic heterocycles. The SMILES string of the molecule is CC(=O)c1nn(CC(C)(C)C)c2c(C)cc(-c3cnc(C4(O)CC4)nc3)cc12. The summed E-state index contributed by atoms with van der Waals surface area (Å²) < 4.78 is 1.95. The number of nitrogens with zero attached hydrogens (tertiary/aromatic N) is 4. The first-order valence-electron chi connectivity index (χ1n) is 9.65. The van der Waals surface area contributed by atoms with Gasteiger partial charge in [0.25, 0.3) is 0 Å². The zero-order valence-electron chi connectivity index (χ0n) is 17.1. The number of hydrogen-bond donors (Lipinski definition) is 1. The van der Waals surface area contributed by atoms with Crippen molar-refractivity contribution in [2.24, 2.45) is 5.41 Å². The molecule has 146 valence electrons. The van der Waals surface area contributed by atoms with Gasteiger partial charge in [0, 0.05) is 36.8 Å². The van der Waals surface area contributed by atoms with Crippen LogP contribution in [0.15, 0.2) is 24.5 Å². The molecule has 0 bridgehead atoms. The Bertz CT molecular complexity index is 1070. The predicted octanol–water partition coefficient (Wildman–Crippen LogP) is 4.03. The third kappa shape index (κ3) is 3.33. The molecular formula is C22H26N4O2. The number of aryl methyl sites for hydroxylation is 1.